The second kappa shape index (κ2) is 6.53. The molecule has 1 aromatic carbocycles. The number of aryl methyl sites for hydroxylation is 1. The third-order valence-corrected chi connectivity index (χ3v) is 4.51. The molecule has 1 saturated carbocycles. The van der Waals surface area contributed by atoms with Crippen molar-refractivity contribution in [2.24, 2.45) is 5.92 Å². The average molecular weight is 339 g/mol. The van der Waals surface area contributed by atoms with E-state index in [1.165, 1.54) is 6.42 Å². The predicted octanol–water partition coefficient (Wildman–Crippen LogP) is 4.19. The van der Waals surface area contributed by atoms with E-state index >= 15 is 0 Å². The summed E-state index contributed by atoms with van der Waals surface area (Å²) in [5, 5.41) is 9.94. The van der Waals surface area contributed by atoms with Gasteiger partial charge < -0.3 is 5.11 Å². The van der Waals surface area contributed by atoms with Crippen LogP contribution in [0.4, 0.5) is 0 Å². The van der Waals surface area contributed by atoms with Gasteiger partial charge in [0.2, 0.25) is 0 Å². The summed E-state index contributed by atoms with van der Waals surface area (Å²) in [6.07, 6.45) is 5.03. The molecular formula is C16H19BrO3. The van der Waals surface area contributed by atoms with Crippen LogP contribution in [-0.4, -0.2) is 16.7 Å². The number of phenolic OH excluding ortho intramolecular Hbond substituents is 1. The number of carbonyl (C=O) groups is 2. The number of rotatable bonds is 4. The Morgan fingerprint density at radius 3 is 2.55 bits per heavy atom. The number of carbonyl (C=O) groups excluding carboxylic acids is 2. The Bertz CT molecular complexity index is 531. The fraction of sp³-hybridized carbons (Fsp3) is 0.500. The van der Waals surface area contributed by atoms with Gasteiger partial charge in [-0.1, -0.05) is 19.3 Å². The first kappa shape index (κ1) is 15.2. The largest absolute Gasteiger partial charge is 0.506 e. The van der Waals surface area contributed by atoms with E-state index in [1.54, 1.807) is 12.1 Å². The Balaban J connectivity index is 2.10. The topological polar surface area (TPSA) is 54.4 Å². The van der Waals surface area contributed by atoms with Crippen molar-refractivity contribution in [3.05, 3.63) is 27.7 Å². The number of halogens is 1. The van der Waals surface area contributed by atoms with Crippen LogP contribution in [0, 0.1) is 12.8 Å². The maximum Gasteiger partial charge on any atom is 0.174 e. The van der Waals surface area contributed by atoms with Gasteiger partial charge in [0.05, 0.1) is 16.5 Å². The Morgan fingerprint density at radius 1 is 1.25 bits per heavy atom. The molecule has 0 atom stereocenters. The fourth-order valence-corrected chi connectivity index (χ4v) is 3.34. The van der Waals surface area contributed by atoms with Gasteiger partial charge >= 0.3 is 0 Å². The van der Waals surface area contributed by atoms with Gasteiger partial charge in [0, 0.05) is 5.92 Å². The smallest absolute Gasteiger partial charge is 0.174 e. The van der Waals surface area contributed by atoms with Gasteiger partial charge in [-0.05, 0) is 53.4 Å². The van der Waals surface area contributed by atoms with Crippen LogP contribution in [-0.2, 0) is 4.79 Å². The first-order chi connectivity index (χ1) is 9.49. The summed E-state index contributed by atoms with van der Waals surface area (Å²) < 4.78 is 0.492. The number of hydrogen-bond donors (Lipinski definition) is 1. The summed E-state index contributed by atoms with van der Waals surface area (Å²) in [7, 11) is 0. The van der Waals surface area contributed by atoms with Gasteiger partial charge in [-0.3, -0.25) is 9.59 Å². The molecule has 0 unspecified atom stereocenters. The zero-order valence-corrected chi connectivity index (χ0v) is 13.2. The van der Waals surface area contributed by atoms with Gasteiger partial charge in [-0.15, -0.1) is 0 Å². The molecule has 1 N–H and O–H groups in total. The summed E-state index contributed by atoms with van der Waals surface area (Å²) in [6, 6.07) is 3.38. The van der Waals surface area contributed by atoms with E-state index in [4.69, 9.17) is 0 Å². The molecule has 0 saturated heterocycles. The van der Waals surface area contributed by atoms with Crippen molar-refractivity contribution in [1.29, 1.82) is 0 Å². The summed E-state index contributed by atoms with van der Waals surface area (Å²) in [4.78, 5) is 24.4. The van der Waals surface area contributed by atoms with E-state index in [0.717, 1.165) is 31.2 Å². The molecule has 108 valence electrons. The fourth-order valence-electron chi connectivity index (χ4n) is 2.77. The lowest BCUT2D eigenvalue weighted by atomic mass is 9.84. The van der Waals surface area contributed by atoms with Gasteiger partial charge in [-0.25, -0.2) is 0 Å². The second-order valence-corrected chi connectivity index (χ2v) is 6.40. The lowest BCUT2D eigenvalue weighted by Gasteiger charge is -2.20. The molecule has 0 aromatic heterocycles. The van der Waals surface area contributed by atoms with Gasteiger partial charge in [-0.2, -0.15) is 0 Å². The minimum absolute atomic E-state index is 0.0201. The van der Waals surface area contributed by atoms with Crippen molar-refractivity contribution in [2.75, 3.05) is 0 Å². The molecule has 0 spiro atoms. The highest BCUT2D eigenvalue weighted by Crippen LogP contribution is 2.31. The summed E-state index contributed by atoms with van der Waals surface area (Å²) in [5.41, 5.74) is 1.11. The average Bonchev–Trinajstić information content (AvgIpc) is 2.43. The molecule has 3 nitrogen and oxygen atoms in total. The van der Waals surface area contributed by atoms with Crippen molar-refractivity contribution < 1.29 is 14.7 Å². The third kappa shape index (κ3) is 3.48. The van der Waals surface area contributed by atoms with Crippen LogP contribution in [0.1, 0.15) is 54.4 Å². The van der Waals surface area contributed by atoms with E-state index in [2.05, 4.69) is 15.9 Å². The Kier molecular flexibility index (Phi) is 4.97. The Morgan fingerprint density at radius 2 is 1.90 bits per heavy atom. The van der Waals surface area contributed by atoms with Crippen LogP contribution in [0.3, 0.4) is 0 Å². The lowest BCUT2D eigenvalue weighted by molar-refractivity contribution is -0.122. The van der Waals surface area contributed by atoms with Crippen LogP contribution in [0.2, 0.25) is 0 Å². The van der Waals surface area contributed by atoms with Gasteiger partial charge in [0.25, 0.3) is 0 Å². The molecule has 4 heteroatoms. The van der Waals surface area contributed by atoms with E-state index in [0.29, 0.717) is 4.47 Å². The summed E-state index contributed by atoms with van der Waals surface area (Å²) in [6.45, 7) is 1.85. The maximum absolute atomic E-state index is 12.2. The third-order valence-electron chi connectivity index (χ3n) is 3.90. The van der Waals surface area contributed by atoms with Gasteiger partial charge in [0.15, 0.2) is 5.78 Å². The van der Waals surface area contributed by atoms with Crippen molar-refractivity contribution in [3.63, 3.8) is 0 Å². The first-order valence-corrected chi connectivity index (χ1v) is 7.83. The number of aromatic hydroxyl groups is 1. The standard InChI is InChI=1S/C16H19BrO3/c1-10-7-12(16(20)13(17)8-10)15(19)9-14(18)11-5-3-2-4-6-11/h7-8,11,20H,2-6,9H2,1H3. The molecular weight excluding hydrogens is 320 g/mol. The Labute approximate surface area is 127 Å². The molecule has 1 fully saturated rings. The van der Waals surface area contributed by atoms with Crippen LogP contribution >= 0.6 is 15.9 Å². The Hall–Kier alpha value is -1.16. The van der Waals surface area contributed by atoms with E-state index in [9.17, 15) is 14.7 Å². The highest BCUT2D eigenvalue weighted by atomic mass is 79.9. The summed E-state index contributed by atoms with van der Waals surface area (Å²) in [5.74, 6) is -0.311. The molecule has 20 heavy (non-hydrogen) atoms. The number of ketones is 2. The quantitative estimate of drug-likeness (QED) is 0.661. The monoisotopic (exact) mass is 338 g/mol. The lowest BCUT2D eigenvalue weighted by Crippen LogP contribution is -2.20. The second-order valence-electron chi connectivity index (χ2n) is 5.54. The van der Waals surface area contributed by atoms with E-state index in [1.807, 2.05) is 6.92 Å². The number of phenols is 1. The maximum atomic E-state index is 12.2. The zero-order chi connectivity index (χ0) is 14.7. The number of benzene rings is 1. The molecule has 0 radical (unpaired) electrons. The van der Waals surface area contributed by atoms with Crippen molar-refractivity contribution in [2.45, 2.75) is 45.4 Å². The van der Waals surface area contributed by atoms with Crippen LogP contribution in [0.5, 0.6) is 5.75 Å². The van der Waals surface area contributed by atoms with E-state index in [-0.39, 0.29) is 35.2 Å². The van der Waals surface area contributed by atoms with Crippen LogP contribution < -0.4 is 0 Å². The molecule has 2 rings (SSSR count). The van der Waals surface area contributed by atoms with Crippen molar-refractivity contribution in [3.8, 4) is 5.75 Å². The van der Waals surface area contributed by atoms with Crippen molar-refractivity contribution in [1.82, 2.24) is 0 Å². The first-order valence-electron chi connectivity index (χ1n) is 7.04. The molecule has 1 aliphatic rings. The normalized spacial score (nSPS) is 16.1. The molecule has 1 aromatic rings. The molecule has 0 amide bonds. The van der Waals surface area contributed by atoms with Crippen LogP contribution in [0.15, 0.2) is 16.6 Å². The minimum Gasteiger partial charge on any atom is -0.506 e. The highest BCUT2D eigenvalue weighted by Gasteiger charge is 2.25. The number of Topliss-reactive ketones (excluding diaryl/α,β-unsaturated/α-hetero) is 2. The minimum atomic E-state index is -0.289. The predicted molar refractivity (Wildman–Crippen MR) is 81.1 cm³/mol. The molecule has 1 aliphatic carbocycles. The van der Waals surface area contributed by atoms with E-state index < -0.39 is 0 Å². The van der Waals surface area contributed by atoms with Gasteiger partial charge in [0.1, 0.15) is 11.5 Å². The molecule has 0 heterocycles. The number of hydrogen-bond acceptors (Lipinski definition) is 3. The molecule has 0 aliphatic heterocycles. The summed E-state index contributed by atoms with van der Waals surface area (Å²) >= 11 is 3.22. The van der Waals surface area contributed by atoms with Crippen molar-refractivity contribution >= 4 is 27.5 Å². The van der Waals surface area contributed by atoms with Crippen LogP contribution in [0.25, 0.3) is 0 Å². The molecule has 0 bridgehead atoms. The zero-order valence-electron chi connectivity index (χ0n) is 11.6. The highest BCUT2D eigenvalue weighted by molar-refractivity contribution is 9.10. The SMILES string of the molecule is Cc1cc(Br)c(O)c(C(=O)CC(=O)C2CCCCC2)c1.